The molecule has 2 heterocycles. The van der Waals surface area contributed by atoms with E-state index in [1.54, 1.807) is 17.4 Å². The number of rotatable bonds is 20. The van der Waals surface area contributed by atoms with Crippen LogP contribution in [0.1, 0.15) is 101 Å². The summed E-state index contributed by atoms with van der Waals surface area (Å²) in [4.78, 5) is 1.21. The number of phenols is 1. The minimum Gasteiger partial charge on any atom is -0.508 e. The first-order chi connectivity index (χ1) is 21.6. The number of hydrogen-bond donors (Lipinski definition) is 1. The molecule has 5 atom stereocenters. The second-order valence-corrected chi connectivity index (χ2v) is 13.1. The van der Waals surface area contributed by atoms with Crippen molar-refractivity contribution in [3.63, 3.8) is 0 Å². The van der Waals surface area contributed by atoms with Gasteiger partial charge in [0.05, 0.1) is 6.61 Å². The third-order valence-corrected chi connectivity index (χ3v) is 9.37. The van der Waals surface area contributed by atoms with Crippen molar-refractivity contribution in [3.8, 4) is 5.75 Å². The van der Waals surface area contributed by atoms with Crippen LogP contribution in [0.5, 0.6) is 5.75 Å². The molecular formula is C37H54O6S. The van der Waals surface area contributed by atoms with Gasteiger partial charge in [-0.15, -0.1) is 11.3 Å². The van der Waals surface area contributed by atoms with Gasteiger partial charge in [-0.25, -0.2) is 0 Å². The summed E-state index contributed by atoms with van der Waals surface area (Å²) in [6, 6.07) is 16.5. The van der Waals surface area contributed by atoms with E-state index in [0.29, 0.717) is 45.2 Å². The molecule has 1 aliphatic heterocycles. The number of hydrogen-bond acceptors (Lipinski definition) is 7. The molecule has 7 heteroatoms. The largest absolute Gasteiger partial charge is 0.508 e. The average molecular weight is 627 g/mol. The van der Waals surface area contributed by atoms with Crippen molar-refractivity contribution in [2.75, 3.05) is 33.0 Å². The van der Waals surface area contributed by atoms with Gasteiger partial charge < -0.3 is 28.8 Å². The summed E-state index contributed by atoms with van der Waals surface area (Å²) >= 11 is 1.77. The molecule has 2 aromatic carbocycles. The highest BCUT2D eigenvalue weighted by Crippen LogP contribution is 2.39. The zero-order valence-electron chi connectivity index (χ0n) is 27.3. The maximum atomic E-state index is 11.0. The van der Waals surface area contributed by atoms with E-state index in [2.05, 4.69) is 64.1 Å². The van der Waals surface area contributed by atoms with Crippen molar-refractivity contribution in [1.82, 2.24) is 0 Å². The van der Waals surface area contributed by atoms with Crippen LogP contribution in [0.15, 0.2) is 48.5 Å². The van der Waals surface area contributed by atoms with Crippen molar-refractivity contribution in [1.29, 1.82) is 0 Å². The minimum absolute atomic E-state index is 0.293. The van der Waals surface area contributed by atoms with Gasteiger partial charge >= 0.3 is 0 Å². The van der Waals surface area contributed by atoms with Gasteiger partial charge in [-0.3, -0.25) is 0 Å². The number of unbranched alkanes of at least 4 members (excludes halogenated alkanes) is 4. The summed E-state index contributed by atoms with van der Waals surface area (Å²) in [6.45, 7) is 11.8. The molecule has 0 unspecified atom stereocenters. The van der Waals surface area contributed by atoms with Crippen molar-refractivity contribution in [3.05, 3.63) is 64.5 Å². The molecule has 1 aromatic heterocycles. The zero-order chi connectivity index (χ0) is 31.1. The molecule has 1 fully saturated rings. The Balaban J connectivity index is 1.67. The Morgan fingerprint density at radius 2 is 1.36 bits per heavy atom. The smallest absolute Gasteiger partial charge is 0.119 e. The van der Waals surface area contributed by atoms with E-state index in [4.69, 9.17) is 23.7 Å². The molecule has 44 heavy (non-hydrogen) atoms. The third kappa shape index (κ3) is 9.75. The fourth-order valence-corrected chi connectivity index (χ4v) is 6.75. The van der Waals surface area contributed by atoms with E-state index in [-0.39, 0.29) is 30.5 Å². The van der Waals surface area contributed by atoms with Gasteiger partial charge in [-0.05, 0) is 66.5 Å². The average Bonchev–Trinajstić information content (AvgIpc) is 3.44. The first kappa shape index (κ1) is 34.9. The molecule has 0 saturated carbocycles. The quantitative estimate of drug-likeness (QED) is 0.126. The first-order valence-corrected chi connectivity index (χ1v) is 17.8. The lowest BCUT2D eigenvalue weighted by atomic mass is 9.89. The highest BCUT2D eigenvalue weighted by molar-refractivity contribution is 7.19. The minimum atomic E-state index is -0.383. The van der Waals surface area contributed by atoms with Crippen LogP contribution in [0.4, 0.5) is 0 Å². The lowest BCUT2D eigenvalue weighted by Gasteiger charge is -2.46. The SMILES string of the molecule is CCCCOC[C@H]1O[C@@H](c2ccc(O)c(Cc3cc4ccccc4s3)c2)[C@H](OCCCC)[C@@H](OCCCC)[C@@H]1OCCCC. The Labute approximate surface area is 269 Å². The lowest BCUT2D eigenvalue weighted by molar-refractivity contribution is -0.268. The van der Waals surface area contributed by atoms with Gasteiger partial charge in [0.2, 0.25) is 0 Å². The van der Waals surface area contributed by atoms with Crippen LogP contribution in [-0.4, -0.2) is 62.6 Å². The third-order valence-electron chi connectivity index (χ3n) is 8.26. The number of fused-ring (bicyclic) bond motifs is 1. The summed E-state index contributed by atoms with van der Waals surface area (Å²) < 4.78 is 34.2. The van der Waals surface area contributed by atoms with Crippen LogP contribution in [0.2, 0.25) is 0 Å². The van der Waals surface area contributed by atoms with Gasteiger partial charge in [-0.2, -0.15) is 0 Å². The second-order valence-electron chi connectivity index (χ2n) is 11.9. The summed E-state index contributed by atoms with van der Waals surface area (Å²) in [5.74, 6) is 0.293. The summed E-state index contributed by atoms with van der Waals surface area (Å²) in [5, 5.41) is 12.2. The molecule has 244 valence electrons. The Bertz CT molecular complexity index is 1190. The van der Waals surface area contributed by atoms with Gasteiger partial charge in [0, 0.05) is 42.4 Å². The highest BCUT2D eigenvalue weighted by Gasteiger charge is 2.48. The molecule has 1 aliphatic rings. The van der Waals surface area contributed by atoms with Crippen LogP contribution >= 0.6 is 11.3 Å². The zero-order valence-corrected chi connectivity index (χ0v) is 28.1. The molecule has 0 amide bonds. The lowest BCUT2D eigenvalue weighted by Crippen LogP contribution is -2.58. The molecule has 4 rings (SSSR count). The molecule has 1 saturated heterocycles. The van der Waals surface area contributed by atoms with E-state index >= 15 is 0 Å². The molecule has 0 bridgehead atoms. The summed E-state index contributed by atoms with van der Waals surface area (Å²) in [7, 11) is 0. The molecule has 0 radical (unpaired) electrons. The fraction of sp³-hybridized carbons (Fsp3) is 0.622. The Morgan fingerprint density at radius 3 is 2.05 bits per heavy atom. The van der Waals surface area contributed by atoms with E-state index in [0.717, 1.165) is 62.5 Å². The molecule has 0 aliphatic carbocycles. The fourth-order valence-electron chi connectivity index (χ4n) is 5.66. The van der Waals surface area contributed by atoms with Crippen LogP contribution in [0, 0.1) is 0 Å². The van der Waals surface area contributed by atoms with Gasteiger partial charge in [0.15, 0.2) is 0 Å². The number of benzene rings is 2. The van der Waals surface area contributed by atoms with Crippen molar-refractivity contribution in [2.45, 2.75) is 116 Å². The molecule has 6 nitrogen and oxygen atoms in total. The maximum absolute atomic E-state index is 11.0. The number of aromatic hydroxyl groups is 1. The number of phenolic OH excluding ortho intramolecular Hbond substituents is 1. The normalized spacial score (nSPS) is 22.1. The second kappa shape index (κ2) is 18.8. The van der Waals surface area contributed by atoms with Crippen molar-refractivity contribution < 1.29 is 28.8 Å². The van der Waals surface area contributed by atoms with Gasteiger partial charge in [0.1, 0.15) is 36.3 Å². The van der Waals surface area contributed by atoms with E-state index < -0.39 is 0 Å². The Morgan fingerprint density at radius 1 is 0.727 bits per heavy atom. The topological polar surface area (TPSA) is 66.4 Å². The van der Waals surface area contributed by atoms with Crippen LogP contribution in [0.3, 0.4) is 0 Å². The van der Waals surface area contributed by atoms with Crippen LogP contribution in [0.25, 0.3) is 10.1 Å². The predicted molar refractivity (Wildman–Crippen MR) is 180 cm³/mol. The maximum Gasteiger partial charge on any atom is 0.119 e. The number of thiophene rings is 1. The highest BCUT2D eigenvalue weighted by atomic mass is 32.1. The van der Waals surface area contributed by atoms with Crippen molar-refractivity contribution in [2.24, 2.45) is 0 Å². The molecule has 3 aromatic rings. The summed E-state index contributed by atoms with van der Waals surface area (Å²) in [5.41, 5.74) is 1.86. The van der Waals surface area contributed by atoms with E-state index in [1.165, 1.54) is 15.0 Å². The van der Waals surface area contributed by atoms with E-state index in [1.807, 2.05) is 6.07 Å². The standard InChI is InChI=1S/C37H54O6S/c1-5-9-19-39-26-32-35(40-20-10-6-2)37(42-22-12-8-4)36(41-21-11-7-3)34(43-32)28-17-18-31(38)29(23-28)25-30-24-27-15-13-14-16-33(27)44-30/h13-18,23-24,32,34-38H,5-12,19-22,25-26H2,1-4H3/t32-,34+,35-,36+,37+/m1/s1. The van der Waals surface area contributed by atoms with Gasteiger partial charge in [-0.1, -0.05) is 77.6 Å². The van der Waals surface area contributed by atoms with Gasteiger partial charge in [0.25, 0.3) is 0 Å². The predicted octanol–water partition coefficient (Wildman–Crippen LogP) is 9.01. The van der Waals surface area contributed by atoms with Crippen LogP contribution < -0.4 is 0 Å². The molecule has 0 spiro atoms. The van der Waals surface area contributed by atoms with E-state index in [9.17, 15) is 5.11 Å². The Kier molecular flexibility index (Phi) is 14.9. The number of ether oxygens (including phenoxy) is 5. The van der Waals surface area contributed by atoms with Crippen LogP contribution in [-0.2, 0) is 30.1 Å². The first-order valence-electron chi connectivity index (χ1n) is 17.0. The van der Waals surface area contributed by atoms with Crippen molar-refractivity contribution >= 4 is 21.4 Å². The Hall–Kier alpha value is -2.00. The molecule has 1 N–H and O–H groups in total. The molecular weight excluding hydrogens is 572 g/mol. The summed E-state index contributed by atoms with van der Waals surface area (Å²) in [6.07, 6.45) is 7.18. The monoisotopic (exact) mass is 626 g/mol.